The molecule has 1 N–H and O–H groups in total. The Balaban J connectivity index is 2.48. The molecule has 0 bridgehead atoms. The van der Waals surface area contributed by atoms with Crippen molar-refractivity contribution in [2.75, 3.05) is 6.54 Å². The number of rotatable bonds is 7. The van der Waals surface area contributed by atoms with Crippen LogP contribution in [0.5, 0.6) is 5.75 Å². The van der Waals surface area contributed by atoms with Crippen LogP contribution in [0.2, 0.25) is 0 Å². The summed E-state index contributed by atoms with van der Waals surface area (Å²) in [6.45, 7) is 9.59. The quantitative estimate of drug-likeness (QED) is 0.723. The van der Waals surface area contributed by atoms with E-state index in [0.29, 0.717) is 6.04 Å². The van der Waals surface area contributed by atoms with Crippen LogP contribution in [-0.4, -0.2) is 12.6 Å². The summed E-state index contributed by atoms with van der Waals surface area (Å²) in [6, 6.07) is 8.79. The van der Waals surface area contributed by atoms with Crippen molar-refractivity contribution in [2.24, 2.45) is 0 Å². The Bertz CT molecular complexity index is 305. The first kappa shape index (κ1) is 14.0. The molecule has 0 unspecified atom stereocenters. The molecule has 0 radical (unpaired) electrons. The van der Waals surface area contributed by atoms with Crippen molar-refractivity contribution in [3.8, 4) is 5.75 Å². The van der Waals surface area contributed by atoms with Gasteiger partial charge in [-0.05, 0) is 51.4 Å². The van der Waals surface area contributed by atoms with Gasteiger partial charge in [0, 0.05) is 6.04 Å². The van der Waals surface area contributed by atoms with Gasteiger partial charge in [-0.2, -0.15) is 0 Å². The van der Waals surface area contributed by atoms with E-state index in [-0.39, 0.29) is 6.10 Å². The maximum absolute atomic E-state index is 5.63. The molecule has 0 aromatic heterocycles. The average Bonchev–Trinajstić information content (AvgIpc) is 2.29. The third kappa shape index (κ3) is 5.22. The first-order valence-electron chi connectivity index (χ1n) is 6.63. The summed E-state index contributed by atoms with van der Waals surface area (Å²) >= 11 is 0. The lowest BCUT2D eigenvalue weighted by Crippen LogP contribution is -2.19. The van der Waals surface area contributed by atoms with Gasteiger partial charge in [0.05, 0.1) is 6.10 Å². The lowest BCUT2D eigenvalue weighted by atomic mass is 10.1. The van der Waals surface area contributed by atoms with E-state index in [0.717, 1.165) is 12.3 Å². The van der Waals surface area contributed by atoms with E-state index in [1.54, 1.807) is 0 Å². The molecule has 0 aliphatic carbocycles. The third-order valence-corrected chi connectivity index (χ3v) is 2.73. The number of hydrogen-bond acceptors (Lipinski definition) is 2. The van der Waals surface area contributed by atoms with Crippen molar-refractivity contribution in [3.05, 3.63) is 29.8 Å². The largest absolute Gasteiger partial charge is 0.491 e. The summed E-state index contributed by atoms with van der Waals surface area (Å²) in [4.78, 5) is 0. The van der Waals surface area contributed by atoms with Crippen LogP contribution in [0.1, 0.15) is 52.1 Å². The van der Waals surface area contributed by atoms with Crippen molar-refractivity contribution < 1.29 is 4.74 Å². The van der Waals surface area contributed by atoms with E-state index >= 15 is 0 Å². The van der Waals surface area contributed by atoms with Gasteiger partial charge in [-0.3, -0.25) is 0 Å². The summed E-state index contributed by atoms with van der Waals surface area (Å²) in [5.41, 5.74) is 1.32. The van der Waals surface area contributed by atoms with Crippen LogP contribution in [0.3, 0.4) is 0 Å². The van der Waals surface area contributed by atoms with Crippen molar-refractivity contribution in [2.45, 2.75) is 52.7 Å². The molecular weight excluding hydrogens is 210 g/mol. The highest BCUT2D eigenvalue weighted by molar-refractivity contribution is 5.29. The predicted octanol–water partition coefficient (Wildman–Crippen LogP) is 3.92. The Morgan fingerprint density at radius 1 is 1.12 bits per heavy atom. The third-order valence-electron chi connectivity index (χ3n) is 2.73. The zero-order chi connectivity index (χ0) is 12.7. The minimum absolute atomic E-state index is 0.237. The van der Waals surface area contributed by atoms with Crippen molar-refractivity contribution in [3.63, 3.8) is 0 Å². The number of unbranched alkanes of at least 4 members (excludes halogenated alkanes) is 1. The number of hydrogen-bond donors (Lipinski definition) is 1. The molecule has 0 fully saturated rings. The fourth-order valence-corrected chi connectivity index (χ4v) is 1.72. The Labute approximate surface area is 105 Å². The van der Waals surface area contributed by atoms with Gasteiger partial charge in [-0.25, -0.2) is 0 Å². The molecule has 0 aliphatic rings. The molecule has 0 amide bonds. The topological polar surface area (TPSA) is 21.3 Å². The minimum atomic E-state index is 0.237. The van der Waals surface area contributed by atoms with Crippen molar-refractivity contribution in [1.82, 2.24) is 5.32 Å². The number of nitrogens with one attached hydrogen (secondary N) is 1. The lowest BCUT2D eigenvalue weighted by molar-refractivity contribution is 0.242. The summed E-state index contributed by atoms with van der Waals surface area (Å²) in [5.74, 6) is 0.949. The smallest absolute Gasteiger partial charge is 0.119 e. The summed E-state index contributed by atoms with van der Waals surface area (Å²) in [6.07, 6.45) is 2.71. The highest BCUT2D eigenvalue weighted by atomic mass is 16.5. The van der Waals surface area contributed by atoms with Gasteiger partial charge in [0.25, 0.3) is 0 Å². The monoisotopic (exact) mass is 235 g/mol. The van der Waals surface area contributed by atoms with Crippen LogP contribution < -0.4 is 10.1 Å². The first-order chi connectivity index (χ1) is 8.13. The van der Waals surface area contributed by atoms with Crippen LogP contribution >= 0.6 is 0 Å². The van der Waals surface area contributed by atoms with E-state index < -0.39 is 0 Å². The van der Waals surface area contributed by atoms with Crippen molar-refractivity contribution >= 4 is 0 Å². The Hall–Kier alpha value is -1.02. The van der Waals surface area contributed by atoms with Crippen LogP contribution in [-0.2, 0) is 0 Å². The normalized spacial score (nSPS) is 12.8. The van der Waals surface area contributed by atoms with Crippen molar-refractivity contribution in [1.29, 1.82) is 0 Å². The molecule has 0 heterocycles. The molecule has 1 rings (SSSR count). The van der Waals surface area contributed by atoms with Crippen LogP contribution in [0.25, 0.3) is 0 Å². The molecule has 1 aromatic carbocycles. The van der Waals surface area contributed by atoms with E-state index in [2.05, 4.69) is 31.3 Å². The molecule has 0 aliphatic heterocycles. The SMILES string of the molecule is CCCCN[C@@H](C)c1ccc(OC(C)C)cc1. The molecule has 2 heteroatoms. The maximum atomic E-state index is 5.63. The highest BCUT2D eigenvalue weighted by Crippen LogP contribution is 2.18. The van der Waals surface area contributed by atoms with E-state index in [9.17, 15) is 0 Å². The fourth-order valence-electron chi connectivity index (χ4n) is 1.72. The second-order valence-electron chi connectivity index (χ2n) is 4.77. The minimum Gasteiger partial charge on any atom is -0.491 e. The molecular formula is C15H25NO. The fraction of sp³-hybridized carbons (Fsp3) is 0.600. The molecule has 0 spiro atoms. The molecule has 0 saturated heterocycles. The second kappa shape index (κ2) is 7.33. The molecule has 0 saturated carbocycles. The zero-order valence-corrected chi connectivity index (χ0v) is 11.5. The molecule has 17 heavy (non-hydrogen) atoms. The second-order valence-corrected chi connectivity index (χ2v) is 4.77. The van der Waals surface area contributed by atoms with E-state index in [1.165, 1.54) is 18.4 Å². The summed E-state index contributed by atoms with van der Waals surface area (Å²) < 4.78 is 5.63. The van der Waals surface area contributed by atoms with Crippen LogP contribution in [0.4, 0.5) is 0 Å². The van der Waals surface area contributed by atoms with Crippen LogP contribution in [0.15, 0.2) is 24.3 Å². The Kier molecular flexibility index (Phi) is 6.06. The lowest BCUT2D eigenvalue weighted by Gasteiger charge is -2.15. The first-order valence-corrected chi connectivity index (χ1v) is 6.63. The van der Waals surface area contributed by atoms with Gasteiger partial charge in [-0.15, -0.1) is 0 Å². The van der Waals surface area contributed by atoms with Gasteiger partial charge < -0.3 is 10.1 Å². The van der Waals surface area contributed by atoms with Gasteiger partial charge in [0.2, 0.25) is 0 Å². The maximum Gasteiger partial charge on any atom is 0.119 e. The van der Waals surface area contributed by atoms with E-state index in [1.807, 2.05) is 26.0 Å². The average molecular weight is 235 g/mol. The summed E-state index contributed by atoms with van der Waals surface area (Å²) in [5, 5.41) is 3.52. The molecule has 2 nitrogen and oxygen atoms in total. The zero-order valence-electron chi connectivity index (χ0n) is 11.5. The molecule has 96 valence electrons. The van der Waals surface area contributed by atoms with Crippen LogP contribution in [0, 0.1) is 0 Å². The highest BCUT2D eigenvalue weighted by Gasteiger charge is 2.04. The standard InChI is InChI=1S/C15H25NO/c1-5-6-11-16-13(4)14-7-9-15(10-8-14)17-12(2)3/h7-10,12-13,16H,5-6,11H2,1-4H3/t13-/m0/s1. The molecule has 1 atom stereocenters. The predicted molar refractivity (Wildman–Crippen MR) is 73.5 cm³/mol. The Morgan fingerprint density at radius 3 is 2.29 bits per heavy atom. The van der Waals surface area contributed by atoms with Gasteiger partial charge in [0.15, 0.2) is 0 Å². The van der Waals surface area contributed by atoms with Gasteiger partial charge in [0.1, 0.15) is 5.75 Å². The van der Waals surface area contributed by atoms with E-state index in [4.69, 9.17) is 4.74 Å². The van der Waals surface area contributed by atoms with Gasteiger partial charge in [-0.1, -0.05) is 25.5 Å². The number of ether oxygens (including phenoxy) is 1. The number of benzene rings is 1. The Morgan fingerprint density at radius 2 is 1.76 bits per heavy atom. The van der Waals surface area contributed by atoms with Gasteiger partial charge >= 0.3 is 0 Å². The molecule has 1 aromatic rings. The summed E-state index contributed by atoms with van der Waals surface area (Å²) in [7, 11) is 0.